The second-order valence-corrected chi connectivity index (χ2v) is 6.52. The summed E-state index contributed by atoms with van der Waals surface area (Å²) in [6.45, 7) is 4.43. The number of methoxy groups -OCH3 is 2. The maximum absolute atomic E-state index is 5.84. The maximum atomic E-state index is 5.84. The van der Waals surface area contributed by atoms with Gasteiger partial charge in [-0.15, -0.1) is 0 Å². The molecule has 0 aliphatic carbocycles. The molecule has 0 heterocycles. The van der Waals surface area contributed by atoms with Crippen LogP contribution in [0.4, 0.5) is 0 Å². The van der Waals surface area contributed by atoms with Crippen LogP contribution in [0.1, 0.15) is 70.8 Å². The molecule has 0 aliphatic heterocycles. The van der Waals surface area contributed by atoms with Crippen molar-refractivity contribution < 1.29 is 9.47 Å². The van der Waals surface area contributed by atoms with Gasteiger partial charge in [-0.25, -0.2) is 0 Å². The molecule has 0 radical (unpaired) electrons. The highest BCUT2D eigenvalue weighted by Gasteiger charge is 2.37. The molecular weight excluding hydrogens is 284 g/mol. The molecule has 0 spiro atoms. The number of benzene rings is 1. The van der Waals surface area contributed by atoms with Crippen molar-refractivity contribution in [3.05, 3.63) is 35.9 Å². The van der Waals surface area contributed by atoms with Crippen molar-refractivity contribution in [3.63, 3.8) is 0 Å². The van der Waals surface area contributed by atoms with Crippen molar-refractivity contribution in [1.82, 2.24) is 0 Å². The first-order valence-electron chi connectivity index (χ1n) is 9.36. The normalized spacial score (nSPS) is 13.2. The molecule has 1 aromatic rings. The van der Waals surface area contributed by atoms with E-state index in [2.05, 4.69) is 44.2 Å². The second kappa shape index (κ2) is 11.6. The molecule has 0 saturated heterocycles. The van der Waals surface area contributed by atoms with Crippen molar-refractivity contribution in [1.29, 1.82) is 0 Å². The van der Waals surface area contributed by atoms with Gasteiger partial charge in [-0.1, -0.05) is 82.7 Å². The van der Waals surface area contributed by atoms with E-state index in [1.807, 2.05) is 0 Å². The molecule has 0 aromatic heterocycles. The van der Waals surface area contributed by atoms with Crippen LogP contribution in [0.15, 0.2) is 30.3 Å². The lowest BCUT2D eigenvalue weighted by molar-refractivity contribution is -0.243. The first-order chi connectivity index (χ1) is 11.2. The van der Waals surface area contributed by atoms with Crippen molar-refractivity contribution in [2.24, 2.45) is 5.92 Å². The van der Waals surface area contributed by atoms with Crippen molar-refractivity contribution in [2.45, 2.75) is 77.4 Å². The first-order valence-corrected chi connectivity index (χ1v) is 9.36. The van der Waals surface area contributed by atoms with Gasteiger partial charge in [-0.05, 0) is 24.8 Å². The molecule has 1 aromatic carbocycles. The Hall–Kier alpha value is -0.860. The summed E-state index contributed by atoms with van der Waals surface area (Å²) in [7, 11) is 3.57. The Morgan fingerprint density at radius 1 is 0.870 bits per heavy atom. The molecule has 0 bridgehead atoms. The number of rotatable bonds is 13. The summed E-state index contributed by atoms with van der Waals surface area (Å²) in [5, 5.41) is 0. The third kappa shape index (κ3) is 6.64. The largest absolute Gasteiger partial charge is 0.353 e. The summed E-state index contributed by atoms with van der Waals surface area (Å²) < 4.78 is 11.7. The van der Waals surface area contributed by atoms with E-state index in [1.54, 1.807) is 14.2 Å². The topological polar surface area (TPSA) is 18.5 Å². The molecule has 0 N–H and O–H groups in total. The summed E-state index contributed by atoms with van der Waals surface area (Å²) in [5.74, 6) is -0.0599. The molecule has 2 nitrogen and oxygen atoms in total. The molecular formula is C21H36O2. The highest BCUT2D eigenvalue weighted by atomic mass is 16.7. The zero-order valence-electron chi connectivity index (χ0n) is 15.6. The van der Waals surface area contributed by atoms with Crippen molar-refractivity contribution in [3.8, 4) is 0 Å². The van der Waals surface area contributed by atoms with Crippen LogP contribution in [0, 0.1) is 5.92 Å². The van der Waals surface area contributed by atoms with E-state index in [1.165, 1.54) is 44.1 Å². The lowest BCUT2D eigenvalue weighted by Crippen LogP contribution is -2.42. The van der Waals surface area contributed by atoms with Crippen LogP contribution in [-0.4, -0.2) is 20.0 Å². The predicted molar refractivity (Wildman–Crippen MR) is 98.7 cm³/mol. The lowest BCUT2D eigenvalue weighted by Gasteiger charge is -2.38. The fourth-order valence-electron chi connectivity index (χ4n) is 3.54. The van der Waals surface area contributed by atoms with Gasteiger partial charge in [-0.3, -0.25) is 0 Å². The minimum atomic E-state index is -0.459. The van der Waals surface area contributed by atoms with Crippen LogP contribution >= 0.6 is 0 Å². The Labute approximate surface area is 143 Å². The number of unbranched alkanes of at least 4 members (excludes halogenated alkanes) is 5. The van der Waals surface area contributed by atoms with Gasteiger partial charge in [0.15, 0.2) is 5.79 Å². The average Bonchev–Trinajstić information content (AvgIpc) is 2.60. The zero-order valence-corrected chi connectivity index (χ0v) is 15.6. The van der Waals surface area contributed by atoms with E-state index in [4.69, 9.17) is 9.47 Å². The Morgan fingerprint density at radius 3 is 2.04 bits per heavy atom. The quantitative estimate of drug-likeness (QED) is 0.328. The summed E-state index contributed by atoms with van der Waals surface area (Å²) in [5.41, 5.74) is 1.37. The van der Waals surface area contributed by atoms with Crippen LogP contribution in [-0.2, 0) is 15.9 Å². The molecule has 1 rings (SSSR count). The summed E-state index contributed by atoms with van der Waals surface area (Å²) in [4.78, 5) is 0. The van der Waals surface area contributed by atoms with E-state index in [0.717, 1.165) is 19.3 Å². The molecule has 0 amide bonds. The Morgan fingerprint density at radius 2 is 1.48 bits per heavy atom. The van der Waals surface area contributed by atoms with Gasteiger partial charge < -0.3 is 9.47 Å². The predicted octanol–water partition coefficient (Wildman–Crippen LogP) is 6.00. The lowest BCUT2D eigenvalue weighted by atomic mass is 9.85. The monoisotopic (exact) mass is 320 g/mol. The van der Waals surface area contributed by atoms with Crippen molar-refractivity contribution in [2.75, 3.05) is 14.2 Å². The Balaban J connectivity index is 2.64. The maximum Gasteiger partial charge on any atom is 0.170 e. The number of hydrogen-bond acceptors (Lipinski definition) is 2. The van der Waals surface area contributed by atoms with Gasteiger partial charge in [0.1, 0.15) is 0 Å². The van der Waals surface area contributed by atoms with Gasteiger partial charge >= 0.3 is 0 Å². The van der Waals surface area contributed by atoms with Gasteiger partial charge in [-0.2, -0.15) is 0 Å². The zero-order chi connectivity index (χ0) is 17.0. The second-order valence-electron chi connectivity index (χ2n) is 6.52. The van der Waals surface area contributed by atoms with E-state index < -0.39 is 5.79 Å². The molecule has 23 heavy (non-hydrogen) atoms. The third-order valence-corrected chi connectivity index (χ3v) is 5.04. The molecule has 0 saturated carbocycles. The summed E-state index contributed by atoms with van der Waals surface area (Å²) >= 11 is 0. The highest BCUT2D eigenvalue weighted by Crippen LogP contribution is 2.33. The van der Waals surface area contributed by atoms with Gasteiger partial charge in [0.05, 0.1) is 0 Å². The average molecular weight is 321 g/mol. The highest BCUT2D eigenvalue weighted by molar-refractivity contribution is 5.15. The Bertz CT molecular complexity index is 376. The van der Waals surface area contributed by atoms with Crippen LogP contribution < -0.4 is 0 Å². The van der Waals surface area contributed by atoms with Gasteiger partial charge in [0.25, 0.3) is 0 Å². The number of hydrogen-bond donors (Lipinski definition) is 0. The van der Waals surface area contributed by atoms with Crippen LogP contribution in [0.2, 0.25) is 0 Å². The minimum absolute atomic E-state index is 0.399. The Kier molecular flexibility index (Phi) is 10.2. The standard InChI is InChI=1S/C21H36O2/c1-5-7-8-9-10-14-17-20(21(6-2,22-3)23-4)18-19-15-12-11-13-16-19/h11-13,15-16,20H,5-10,14,17-18H2,1-4H3. The van der Waals surface area contributed by atoms with Crippen LogP contribution in [0.3, 0.4) is 0 Å². The fraction of sp³-hybridized carbons (Fsp3) is 0.714. The molecule has 132 valence electrons. The molecule has 2 heteroatoms. The van der Waals surface area contributed by atoms with E-state index in [-0.39, 0.29) is 0 Å². The van der Waals surface area contributed by atoms with Crippen LogP contribution in [0.25, 0.3) is 0 Å². The summed E-state index contributed by atoms with van der Waals surface area (Å²) in [6.07, 6.45) is 11.0. The van der Waals surface area contributed by atoms with Gasteiger partial charge in [0, 0.05) is 20.1 Å². The van der Waals surface area contributed by atoms with E-state index in [9.17, 15) is 0 Å². The fourth-order valence-corrected chi connectivity index (χ4v) is 3.54. The molecule has 0 fully saturated rings. The molecule has 1 unspecified atom stereocenters. The smallest absolute Gasteiger partial charge is 0.170 e. The van der Waals surface area contributed by atoms with Crippen LogP contribution in [0.5, 0.6) is 0 Å². The van der Waals surface area contributed by atoms with Gasteiger partial charge in [0.2, 0.25) is 0 Å². The SMILES string of the molecule is CCCCCCCCC(Cc1ccccc1)C(CC)(OC)OC. The molecule has 1 atom stereocenters. The number of ether oxygens (including phenoxy) is 2. The molecule has 0 aliphatic rings. The van der Waals surface area contributed by atoms with Crippen molar-refractivity contribution >= 4 is 0 Å². The summed E-state index contributed by atoms with van der Waals surface area (Å²) in [6, 6.07) is 10.7. The van der Waals surface area contributed by atoms with E-state index in [0.29, 0.717) is 5.92 Å². The first kappa shape index (κ1) is 20.2. The minimum Gasteiger partial charge on any atom is -0.353 e. The third-order valence-electron chi connectivity index (χ3n) is 5.04. The van der Waals surface area contributed by atoms with E-state index >= 15 is 0 Å².